The number of unbranched alkanes of at least 4 members (excludes halogenated alkanes) is 1. The van der Waals surface area contributed by atoms with Gasteiger partial charge in [0.15, 0.2) is 0 Å². The Hall–Kier alpha value is -0.730. The van der Waals surface area contributed by atoms with E-state index in [1.807, 2.05) is 4.90 Å². The summed E-state index contributed by atoms with van der Waals surface area (Å²) in [6.45, 7) is 12.6. The lowest BCUT2D eigenvalue weighted by atomic mass is 9.92. The molecule has 2 amide bonds. The minimum absolute atomic E-state index is 0.235. The summed E-state index contributed by atoms with van der Waals surface area (Å²) in [5, 5.41) is 0. The van der Waals surface area contributed by atoms with Crippen LogP contribution in [0.2, 0.25) is 0 Å². The Morgan fingerprint density at radius 3 is 2.11 bits per heavy atom. The van der Waals surface area contributed by atoms with E-state index in [1.165, 1.54) is 32.1 Å². The van der Waals surface area contributed by atoms with Crippen molar-refractivity contribution in [1.82, 2.24) is 9.80 Å². The molecule has 0 aliphatic carbocycles. The Bertz CT molecular complexity index is 260. The average molecular weight is 268 g/mol. The van der Waals surface area contributed by atoms with Crippen LogP contribution in [0.15, 0.2) is 0 Å². The van der Waals surface area contributed by atoms with Crippen molar-refractivity contribution in [3.05, 3.63) is 0 Å². The highest BCUT2D eigenvalue weighted by molar-refractivity contribution is 5.75. The van der Waals surface area contributed by atoms with Crippen molar-refractivity contribution in [3.63, 3.8) is 0 Å². The smallest absolute Gasteiger partial charge is 0.320 e. The molecule has 19 heavy (non-hydrogen) atoms. The first kappa shape index (κ1) is 16.3. The quantitative estimate of drug-likeness (QED) is 0.735. The van der Waals surface area contributed by atoms with Crippen LogP contribution in [-0.4, -0.2) is 41.0 Å². The molecule has 112 valence electrons. The number of hydrogen-bond acceptors (Lipinski definition) is 1. The standard InChI is InChI=1S/C16H32N2O/c1-6-7-8-15-9-11-17(12-10-15)16(19)18(13(2)3)14(4)5/h13-15H,6-12H2,1-5H3. The number of urea groups is 1. The van der Waals surface area contributed by atoms with Gasteiger partial charge in [-0.1, -0.05) is 26.2 Å². The Morgan fingerprint density at radius 1 is 1.16 bits per heavy atom. The number of nitrogens with zero attached hydrogens (tertiary/aromatic N) is 2. The third kappa shape index (κ3) is 4.70. The summed E-state index contributed by atoms with van der Waals surface area (Å²) in [6.07, 6.45) is 6.35. The van der Waals surface area contributed by atoms with Gasteiger partial charge in [-0.05, 0) is 46.5 Å². The topological polar surface area (TPSA) is 23.6 Å². The van der Waals surface area contributed by atoms with Gasteiger partial charge < -0.3 is 9.80 Å². The average Bonchev–Trinajstić information content (AvgIpc) is 2.36. The molecule has 3 nitrogen and oxygen atoms in total. The van der Waals surface area contributed by atoms with Crippen LogP contribution in [0.1, 0.15) is 66.7 Å². The molecular formula is C16H32N2O. The molecule has 0 spiro atoms. The second-order valence-electron chi connectivity index (χ2n) is 6.45. The number of hydrogen-bond donors (Lipinski definition) is 0. The van der Waals surface area contributed by atoms with E-state index in [0.29, 0.717) is 0 Å². The first-order chi connectivity index (χ1) is 8.97. The van der Waals surface area contributed by atoms with Crippen molar-refractivity contribution in [1.29, 1.82) is 0 Å². The van der Waals surface area contributed by atoms with Gasteiger partial charge in [-0.15, -0.1) is 0 Å². The summed E-state index contributed by atoms with van der Waals surface area (Å²) in [5.41, 5.74) is 0. The van der Waals surface area contributed by atoms with Crippen LogP contribution in [0.5, 0.6) is 0 Å². The normalized spacial score (nSPS) is 17.3. The first-order valence-electron chi connectivity index (χ1n) is 8.04. The predicted molar refractivity (Wildman–Crippen MR) is 81.3 cm³/mol. The molecule has 0 radical (unpaired) electrons. The van der Waals surface area contributed by atoms with Gasteiger partial charge in [0.2, 0.25) is 0 Å². The number of piperidine rings is 1. The zero-order valence-electron chi connectivity index (χ0n) is 13.5. The lowest BCUT2D eigenvalue weighted by molar-refractivity contribution is 0.107. The van der Waals surface area contributed by atoms with E-state index in [-0.39, 0.29) is 18.1 Å². The molecule has 1 aliphatic heterocycles. The fraction of sp³-hybridized carbons (Fsp3) is 0.938. The van der Waals surface area contributed by atoms with Crippen LogP contribution in [-0.2, 0) is 0 Å². The van der Waals surface area contributed by atoms with Crippen LogP contribution in [0.3, 0.4) is 0 Å². The van der Waals surface area contributed by atoms with Crippen LogP contribution in [0.4, 0.5) is 4.79 Å². The van der Waals surface area contributed by atoms with Crippen LogP contribution in [0, 0.1) is 5.92 Å². The molecule has 0 aromatic rings. The molecule has 0 N–H and O–H groups in total. The Labute approximate surface area is 119 Å². The first-order valence-corrected chi connectivity index (χ1v) is 8.04. The van der Waals surface area contributed by atoms with E-state index in [2.05, 4.69) is 39.5 Å². The molecule has 1 fully saturated rings. The van der Waals surface area contributed by atoms with Crippen molar-refractivity contribution >= 4 is 6.03 Å². The molecule has 3 heteroatoms. The van der Waals surface area contributed by atoms with Crippen LogP contribution >= 0.6 is 0 Å². The van der Waals surface area contributed by atoms with E-state index in [0.717, 1.165) is 19.0 Å². The number of carbonyl (C=O) groups is 1. The molecular weight excluding hydrogens is 236 g/mol. The number of likely N-dealkylation sites (tertiary alicyclic amines) is 1. The van der Waals surface area contributed by atoms with E-state index < -0.39 is 0 Å². The van der Waals surface area contributed by atoms with Gasteiger partial charge in [-0.3, -0.25) is 0 Å². The van der Waals surface area contributed by atoms with Crippen molar-refractivity contribution < 1.29 is 4.79 Å². The van der Waals surface area contributed by atoms with Crippen molar-refractivity contribution in [2.45, 2.75) is 78.8 Å². The molecule has 0 aromatic heterocycles. The fourth-order valence-corrected chi connectivity index (χ4v) is 3.11. The van der Waals surface area contributed by atoms with Crippen LogP contribution < -0.4 is 0 Å². The molecule has 1 rings (SSSR count). The number of amides is 2. The Balaban J connectivity index is 2.47. The van der Waals surface area contributed by atoms with Gasteiger partial charge in [-0.25, -0.2) is 4.79 Å². The molecule has 1 heterocycles. The summed E-state index contributed by atoms with van der Waals surface area (Å²) in [6, 6.07) is 0.801. The molecule has 0 atom stereocenters. The highest BCUT2D eigenvalue weighted by Gasteiger charge is 2.28. The monoisotopic (exact) mass is 268 g/mol. The van der Waals surface area contributed by atoms with Crippen molar-refractivity contribution in [2.75, 3.05) is 13.1 Å². The Morgan fingerprint density at radius 2 is 1.68 bits per heavy atom. The maximum atomic E-state index is 12.6. The van der Waals surface area contributed by atoms with E-state index in [4.69, 9.17) is 0 Å². The largest absolute Gasteiger partial charge is 0.325 e. The molecule has 0 aromatic carbocycles. The van der Waals surface area contributed by atoms with Gasteiger partial charge >= 0.3 is 6.03 Å². The number of rotatable bonds is 5. The molecule has 1 saturated heterocycles. The van der Waals surface area contributed by atoms with Crippen molar-refractivity contribution in [3.8, 4) is 0 Å². The zero-order valence-corrected chi connectivity index (χ0v) is 13.5. The summed E-state index contributed by atoms with van der Waals surface area (Å²) in [4.78, 5) is 16.6. The maximum Gasteiger partial charge on any atom is 0.320 e. The summed E-state index contributed by atoms with van der Waals surface area (Å²) >= 11 is 0. The van der Waals surface area contributed by atoms with E-state index in [1.54, 1.807) is 0 Å². The molecule has 0 unspecified atom stereocenters. The van der Waals surface area contributed by atoms with Gasteiger partial charge in [0.05, 0.1) is 0 Å². The van der Waals surface area contributed by atoms with Gasteiger partial charge in [0.1, 0.15) is 0 Å². The van der Waals surface area contributed by atoms with Crippen LogP contribution in [0.25, 0.3) is 0 Å². The second-order valence-corrected chi connectivity index (χ2v) is 6.45. The summed E-state index contributed by atoms with van der Waals surface area (Å²) < 4.78 is 0. The summed E-state index contributed by atoms with van der Waals surface area (Å²) in [7, 11) is 0. The van der Waals surface area contributed by atoms with Gasteiger partial charge in [-0.2, -0.15) is 0 Å². The highest BCUT2D eigenvalue weighted by atomic mass is 16.2. The molecule has 1 aliphatic rings. The number of carbonyl (C=O) groups excluding carboxylic acids is 1. The zero-order chi connectivity index (χ0) is 14.4. The summed E-state index contributed by atoms with van der Waals surface area (Å²) in [5.74, 6) is 0.843. The third-order valence-electron chi connectivity index (χ3n) is 4.18. The SMILES string of the molecule is CCCCC1CCN(C(=O)N(C(C)C)C(C)C)CC1. The Kier molecular flexibility index (Phi) is 6.67. The molecule has 0 bridgehead atoms. The van der Waals surface area contributed by atoms with E-state index >= 15 is 0 Å². The minimum atomic E-state index is 0.235. The maximum absolute atomic E-state index is 12.6. The third-order valence-corrected chi connectivity index (χ3v) is 4.18. The van der Waals surface area contributed by atoms with Gasteiger partial charge in [0.25, 0.3) is 0 Å². The lowest BCUT2D eigenvalue weighted by Gasteiger charge is -2.39. The second kappa shape index (κ2) is 7.76. The fourth-order valence-electron chi connectivity index (χ4n) is 3.11. The molecule has 0 saturated carbocycles. The minimum Gasteiger partial charge on any atom is -0.325 e. The van der Waals surface area contributed by atoms with E-state index in [9.17, 15) is 4.79 Å². The lowest BCUT2D eigenvalue weighted by Crippen LogP contribution is -2.51. The van der Waals surface area contributed by atoms with Gasteiger partial charge in [0, 0.05) is 25.2 Å². The predicted octanol–water partition coefficient (Wildman–Crippen LogP) is 4.13. The van der Waals surface area contributed by atoms with Crippen molar-refractivity contribution in [2.24, 2.45) is 5.92 Å². The highest BCUT2D eigenvalue weighted by Crippen LogP contribution is 2.24.